The van der Waals surface area contributed by atoms with Crippen LogP contribution in [-0.2, 0) is 9.47 Å². The molecule has 1 aliphatic rings. The van der Waals surface area contributed by atoms with E-state index in [0.29, 0.717) is 19.4 Å². The number of carbonyl (C=O) groups is 1. The van der Waals surface area contributed by atoms with E-state index < -0.39 is 16.1 Å². The molecule has 1 atom stereocenters. The van der Waals surface area contributed by atoms with Crippen molar-refractivity contribution in [3.8, 4) is 0 Å². The van der Waals surface area contributed by atoms with E-state index >= 15 is 0 Å². The molecule has 0 aromatic rings. The molecule has 0 aromatic carbocycles. The van der Waals surface area contributed by atoms with Crippen LogP contribution >= 0.6 is 34.8 Å². The largest absolute Gasteiger partial charge is 0.508 e. The first kappa shape index (κ1) is 10.2. The molecule has 3 nitrogen and oxygen atoms in total. The minimum atomic E-state index is -1.57. The van der Waals surface area contributed by atoms with E-state index in [2.05, 4.69) is 4.74 Å². The van der Waals surface area contributed by atoms with Gasteiger partial charge < -0.3 is 9.47 Å². The van der Waals surface area contributed by atoms with Crippen molar-refractivity contribution in [2.45, 2.75) is 22.7 Å². The predicted octanol–water partition coefficient (Wildman–Crippen LogP) is 2.67. The number of rotatable bonds is 0. The van der Waals surface area contributed by atoms with Crippen LogP contribution in [0.3, 0.4) is 0 Å². The standard InChI is InChI=1S/C6H7Cl3O3/c7-6(8,9)4-2-1-3-11-5(10)12-4/h4H,1-3H2. The molecule has 0 spiro atoms. The van der Waals surface area contributed by atoms with Crippen molar-refractivity contribution in [2.24, 2.45) is 0 Å². The molecule has 1 saturated heterocycles. The molecule has 0 N–H and O–H groups in total. The Balaban J connectivity index is 2.58. The Hall–Kier alpha value is 0.140. The first-order valence-electron chi connectivity index (χ1n) is 3.40. The molecule has 1 heterocycles. The maximum Gasteiger partial charge on any atom is 0.508 e. The lowest BCUT2D eigenvalue weighted by Gasteiger charge is -2.20. The van der Waals surface area contributed by atoms with E-state index in [0.717, 1.165) is 0 Å². The number of alkyl halides is 3. The summed E-state index contributed by atoms with van der Waals surface area (Å²) in [6, 6.07) is 0. The van der Waals surface area contributed by atoms with Crippen LogP contribution in [0, 0.1) is 0 Å². The molecule has 1 rings (SSSR count). The minimum Gasteiger partial charge on any atom is -0.434 e. The van der Waals surface area contributed by atoms with Gasteiger partial charge in [0.25, 0.3) is 0 Å². The van der Waals surface area contributed by atoms with Crippen molar-refractivity contribution in [1.29, 1.82) is 0 Å². The van der Waals surface area contributed by atoms with Crippen LogP contribution < -0.4 is 0 Å². The molecular weight excluding hydrogens is 226 g/mol. The third-order valence-electron chi connectivity index (χ3n) is 1.43. The van der Waals surface area contributed by atoms with Crippen LogP contribution in [0.4, 0.5) is 4.79 Å². The van der Waals surface area contributed by atoms with Crippen LogP contribution in [0.25, 0.3) is 0 Å². The lowest BCUT2D eigenvalue weighted by Crippen LogP contribution is -2.29. The molecule has 1 unspecified atom stereocenters. The topological polar surface area (TPSA) is 35.5 Å². The van der Waals surface area contributed by atoms with Gasteiger partial charge in [-0.3, -0.25) is 0 Å². The fourth-order valence-corrected chi connectivity index (χ4v) is 1.32. The third kappa shape index (κ3) is 2.88. The lowest BCUT2D eigenvalue weighted by molar-refractivity contribution is 0.0442. The summed E-state index contributed by atoms with van der Waals surface area (Å²) >= 11 is 16.6. The van der Waals surface area contributed by atoms with Crippen molar-refractivity contribution >= 4 is 41.0 Å². The van der Waals surface area contributed by atoms with E-state index in [1.54, 1.807) is 0 Å². The van der Waals surface area contributed by atoms with Gasteiger partial charge in [-0.1, -0.05) is 34.8 Å². The SMILES string of the molecule is O=C1OCCCC(C(Cl)(Cl)Cl)O1. The number of carbonyl (C=O) groups excluding carboxylic acids is 1. The van der Waals surface area contributed by atoms with Gasteiger partial charge in [-0.15, -0.1) is 0 Å². The van der Waals surface area contributed by atoms with E-state index in [9.17, 15) is 4.79 Å². The maximum absolute atomic E-state index is 10.7. The summed E-state index contributed by atoms with van der Waals surface area (Å²) in [5.41, 5.74) is 0. The fraction of sp³-hybridized carbons (Fsp3) is 0.833. The van der Waals surface area contributed by atoms with Gasteiger partial charge in [0.2, 0.25) is 3.79 Å². The first-order chi connectivity index (χ1) is 5.50. The molecule has 12 heavy (non-hydrogen) atoms. The normalized spacial score (nSPS) is 25.6. The van der Waals surface area contributed by atoms with Crippen molar-refractivity contribution < 1.29 is 14.3 Å². The average molecular weight is 233 g/mol. The number of ether oxygens (including phenoxy) is 2. The Kier molecular flexibility index (Phi) is 3.32. The van der Waals surface area contributed by atoms with Gasteiger partial charge in [-0.05, 0) is 12.8 Å². The second-order valence-electron chi connectivity index (χ2n) is 2.39. The van der Waals surface area contributed by atoms with Crippen LogP contribution in [-0.4, -0.2) is 22.7 Å². The predicted molar refractivity (Wildman–Crippen MR) is 45.7 cm³/mol. The van der Waals surface area contributed by atoms with Crippen molar-refractivity contribution in [2.75, 3.05) is 6.61 Å². The van der Waals surface area contributed by atoms with Crippen molar-refractivity contribution in [1.82, 2.24) is 0 Å². The lowest BCUT2D eigenvalue weighted by atomic mass is 10.2. The molecule has 0 aromatic heterocycles. The van der Waals surface area contributed by atoms with Crippen LogP contribution in [0.15, 0.2) is 0 Å². The second-order valence-corrected chi connectivity index (χ2v) is 4.76. The highest BCUT2D eigenvalue weighted by atomic mass is 35.6. The Labute approximate surface area is 84.9 Å². The Morgan fingerprint density at radius 3 is 2.67 bits per heavy atom. The van der Waals surface area contributed by atoms with Crippen molar-refractivity contribution in [3.63, 3.8) is 0 Å². The zero-order chi connectivity index (χ0) is 9.19. The molecule has 0 bridgehead atoms. The first-order valence-corrected chi connectivity index (χ1v) is 4.53. The summed E-state index contributed by atoms with van der Waals surface area (Å²) in [7, 11) is 0. The molecule has 0 amide bonds. The molecule has 1 fully saturated rings. The quantitative estimate of drug-likeness (QED) is 0.477. The molecule has 0 aliphatic carbocycles. The highest BCUT2D eigenvalue weighted by Gasteiger charge is 2.37. The fourth-order valence-electron chi connectivity index (χ4n) is 0.864. The van der Waals surface area contributed by atoms with Crippen LogP contribution in [0.5, 0.6) is 0 Å². The van der Waals surface area contributed by atoms with E-state index in [-0.39, 0.29) is 0 Å². The Morgan fingerprint density at radius 2 is 2.08 bits per heavy atom. The third-order valence-corrected chi connectivity index (χ3v) is 2.16. The summed E-state index contributed by atoms with van der Waals surface area (Å²) in [5.74, 6) is 0. The van der Waals surface area contributed by atoms with Gasteiger partial charge in [0.1, 0.15) is 0 Å². The summed E-state index contributed by atoms with van der Waals surface area (Å²) in [6.07, 6.45) is -0.339. The smallest absolute Gasteiger partial charge is 0.434 e. The maximum atomic E-state index is 10.7. The van der Waals surface area contributed by atoms with E-state index in [4.69, 9.17) is 39.5 Å². The highest BCUT2D eigenvalue weighted by Crippen LogP contribution is 2.35. The van der Waals surface area contributed by atoms with Crippen LogP contribution in [0.2, 0.25) is 0 Å². The Bertz CT molecular complexity index is 177. The zero-order valence-corrected chi connectivity index (χ0v) is 8.33. The van der Waals surface area contributed by atoms with Crippen LogP contribution in [0.1, 0.15) is 12.8 Å². The van der Waals surface area contributed by atoms with Gasteiger partial charge in [0, 0.05) is 0 Å². The highest BCUT2D eigenvalue weighted by molar-refractivity contribution is 6.68. The molecule has 6 heteroatoms. The summed E-state index contributed by atoms with van der Waals surface area (Å²) < 4.78 is 7.74. The monoisotopic (exact) mass is 232 g/mol. The van der Waals surface area contributed by atoms with Gasteiger partial charge in [0.15, 0.2) is 6.10 Å². The second kappa shape index (κ2) is 3.90. The molecule has 70 valence electrons. The van der Waals surface area contributed by atoms with E-state index in [1.165, 1.54) is 0 Å². The van der Waals surface area contributed by atoms with Gasteiger partial charge >= 0.3 is 6.16 Å². The van der Waals surface area contributed by atoms with Gasteiger partial charge in [-0.25, -0.2) is 4.79 Å². The number of hydrogen-bond donors (Lipinski definition) is 0. The van der Waals surface area contributed by atoms with Gasteiger partial charge in [0.05, 0.1) is 6.61 Å². The molecule has 0 radical (unpaired) electrons. The average Bonchev–Trinajstić information content (AvgIpc) is 2.11. The summed E-state index contributed by atoms with van der Waals surface area (Å²) in [6.45, 7) is 0.316. The zero-order valence-electron chi connectivity index (χ0n) is 6.06. The number of halogens is 3. The number of hydrogen-bond acceptors (Lipinski definition) is 3. The molecular formula is C6H7Cl3O3. The summed E-state index contributed by atoms with van der Waals surface area (Å²) in [5, 5.41) is 0. The Morgan fingerprint density at radius 1 is 1.42 bits per heavy atom. The summed E-state index contributed by atoms with van der Waals surface area (Å²) in [4.78, 5) is 10.7. The van der Waals surface area contributed by atoms with E-state index in [1.807, 2.05) is 0 Å². The molecule has 0 saturated carbocycles. The van der Waals surface area contributed by atoms with Gasteiger partial charge in [-0.2, -0.15) is 0 Å². The number of cyclic esters (lactones) is 2. The molecule has 1 aliphatic heterocycles. The minimum absolute atomic E-state index is 0.316. The van der Waals surface area contributed by atoms with Crippen molar-refractivity contribution in [3.05, 3.63) is 0 Å².